The summed E-state index contributed by atoms with van der Waals surface area (Å²) < 4.78 is 6.30. The van der Waals surface area contributed by atoms with Crippen LogP contribution in [0.4, 0.5) is 4.79 Å². The highest BCUT2D eigenvalue weighted by atomic mass is 79.9. The van der Waals surface area contributed by atoms with E-state index in [-0.39, 0.29) is 22.4 Å². The molecule has 0 radical (unpaired) electrons. The summed E-state index contributed by atoms with van der Waals surface area (Å²) in [5.74, 6) is -0.639. The van der Waals surface area contributed by atoms with Crippen LogP contribution in [0.15, 0.2) is 82.2 Å². The average Bonchev–Trinajstić information content (AvgIpc) is 3.05. The van der Waals surface area contributed by atoms with Crippen LogP contribution in [-0.4, -0.2) is 22.0 Å². The van der Waals surface area contributed by atoms with Crippen LogP contribution in [0.3, 0.4) is 0 Å². The molecule has 1 heterocycles. The Morgan fingerprint density at radius 3 is 2.47 bits per heavy atom. The zero-order chi connectivity index (χ0) is 22.7. The molecule has 0 spiro atoms. The van der Waals surface area contributed by atoms with Gasteiger partial charge < -0.3 is 4.74 Å². The summed E-state index contributed by atoms with van der Waals surface area (Å²) >= 11 is 10.1. The Kier molecular flexibility index (Phi) is 6.79. The minimum Gasteiger partial charge on any atom is -0.422 e. The van der Waals surface area contributed by atoms with Crippen LogP contribution in [0.25, 0.3) is 6.08 Å². The standard InChI is InChI=1S/C24H15BrClNO4S/c25-18-8-11-20(31-23(29)16-4-2-1-3-5-16)17(12-18)13-21-22(28)27(24(30)32-21)14-15-6-9-19(26)10-7-15/h1-13H,14H2/b21-13-. The van der Waals surface area contributed by atoms with Gasteiger partial charge in [0.05, 0.1) is 17.0 Å². The number of thioether (sulfide) groups is 1. The lowest BCUT2D eigenvalue weighted by atomic mass is 10.1. The number of carbonyl (C=O) groups excluding carboxylic acids is 3. The lowest BCUT2D eigenvalue weighted by Gasteiger charge is -2.12. The van der Waals surface area contributed by atoms with E-state index < -0.39 is 11.9 Å². The molecule has 0 N–H and O–H groups in total. The summed E-state index contributed by atoms with van der Waals surface area (Å²) in [6.07, 6.45) is 1.56. The first-order chi connectivity index (χ1) is 15.4. The molecule has 0 saturated carbocycles. The Morgan fingerprint density at radius 1 is 1.03 bits per heavy atom. The van der Waals surface area contributed by atoms with Gasteiger partial charge in [0.25, 0.3) is 11.1 Å². The summed E-state index contributed by atoms with van der Waals surface area (Å²) in [5.41, 5.74) is 1.70. The van der Waals surface area contributed by atoms with E-state index in [4.69, 9.17) is 16.3 Å². The normalized spacial score (nSPS) is 14.8. The van der Waals surface area contributed by atoms with Crippen LogP contribution in [0.1, 0.15) is 21.5 Å². The van der Waals surface area contributed by atoms with E-state index in [1.54, 1.807) is 72.8 Å². The van der Waals surface area contributed by atoms with Crippen LogP contribution < -0.4 is 4.74 Å². The second-order valence-electron chi connectivity index (χ2n) is 6.83. The maximum absolute atomic E-state index is 12.9. The summed E-state index contributed by atoms with van der Waals surface area (Å²) in [6, 6.07) is 20.7. The first-order valence-corrected chi connectivity index (χ1v) is 11.5. The fourth-order valence-electron chi connectivity index (χ4n) is 3.01. The number of halogens is 2. The maximum Gasteiger partial charge on any atom is 0.343 e. The maximum atomic E-state index is 12.9. The molecule has 1 aliphatic heterocycles. The van der Waals surface area contributed by atoms with Crippen LogP contribution in [0.5, 0.6) is 5.75 Å². The van der Waals surface area contributed by atoms with Crippen LogP contribution in [-0.2, 0) is 11.3 Å². The molecule has 0 bridgehead atoms. The van der Waals surface area contributed by atoms with Crippen LogP contribution in [0, 0.1) is 0 Å². The number of hydrogen-bond acceptors (Lipinski definition) is 5. The molecule has 0 atom stereocenters. The first-order valence-electron chi connectivity index (χ1n) is 9.47. The van der Waals surface area contributed by atoms with Gasteiger partial charge in [-0.15, -0.1) is 0 Å². The molecule has 3 aromatic rings. The van der Waals surface area contributed by atoms with E-state index in [0.717, 1.165) is 21.8 Å². The SMILES string of the molecule is O=C(Oc1ccc(Br)cc1/C=C1\SC(=O)N(Cc2ccc(Cl)cc2)C1=O)c1ccccc1. The molecular formula is C24H15BrClNO4S. The number of rotatable bonds is 5. The fraction of sp³-hybridized carbons (Fsp3) is 0.0417. The van der Waals surface area contributed by atoms with Gasteiger partial charge in [-0.2, -0.15) is 0 Å². The van der Waals surface area contributed by atoms with Gasteiger partial charge in [0.15, 0.2) is 0 Å². The third-order valence-electron chi connectivity index (χ3n) is 4.60. The molecule has 0 aliphatic carbocycles. The molecule has 1 fully saturated rings. The van der Waals surface area contributed by atoms with Gasteiger partial charge in [-0.3, -0.25) is 14.5 Å². The number of carbonyl (C=O) groups is 3. The van der Waals surface area contributed by atoms with Crippen molar-refractivity contribution in [2.75, 3.05) is 0 Å². The van der Waals surface area contributed by atoms with Gasteiger partial charge in [-0.25, -0.2) is 4.79 Å². The summed E-state index contributed by atoms with van der Waals surface area (Å²) in [5, 5.41) is 0.212. The van der Waals surface area contributed by atoms with Crippen molar-refractivity contribution in [3.63, 3.8) is 0 Å². The minimum atomic E-state index is -0.515. The number of benzene rings is 3. The van der Waals surface area contributed by atoms with Gasteiger partial charge in [0.2, 0.25) is 0 Å². The largest absolute Gasteiger partial charge is 0.422 e. The number of amides is 2. The predicted octanol–water partition coefficient (Wildman–Crippen LogP) is 6.56. The second-order valence-corrected chi connectivity index (χ2v) is 9.18. The van der Waals surface area contributed by atoms with Crippen molar-refractivity contribution >= 4 is 62.5 Å². The highest BCUT2D eigenvalue weighted by Gasteiger charge is 2.35. The van der Waals surface area contributed by atoms with E-state index in [1.807, 2.05) is 6.07 Å². The van der Waals surface area contributed by atoms with Crippen molar-refractivity contribution in [3.05, 3.63) is 104 Å². The number of hydrogen-bond donors (Lipinski definition) is 0. The topological polar surface area (TPSA) is 63.7 Å². The highest BCUT2D eigenvalue weighted by Crippen LogP contribution is 2.36. The monoisotopic (exact) mass is 527 g/mol. The highest BCUT2D eigenvalue weighted by molar-refractivity contribution is 9.10. The Balaban J connectivity index is 1.58. The van der Waals surface area contributed by atoms with Gasteiger partial charge in [0.1, 0.15) is 5.75 Å². The average molecular weight is 529 g/mol. The van der Waals surface area contributed by atoms with Crippen molar-refractivity contribution in [1.29, 1.82) is 0 Å². The quantitative estimate of drug-likeness (QED) is 0.213. The van der Waals surface area contributed by atoms with Crippen molar-refractivity contribution in [2.45, 2.75) is 6.54 Å². The Labute approximate surface area is 202 Å². The molecule has 0 aromatic heterocycles. The Hall–Kier alpha value is -2.87. The fourth-order valence-corrected chi connectivity index (χ4v) is 4.34. The molecule has 5 nitrogen and oxygen atoms in total. The summed E-state index contributed by atoms with van der Waals surface area (Å²) in [4.78, 5) is 39.3. The predicted molar refractivity (Wildman–Crippen MR) is 129 cm³/mol. The van der Waals surface area contributed by atoms with Gasteiger partial charge in [-0.1, -0.05) is 57.9 Å². The number of imide groups is 1. The van der Waals surface area contributed by atoms with E-state index in [9.17, 15) is 14.4 Å². The van der Waals surface area contributed by atoms with E-state index in [2.05, 4.69) is 15.9 Å². The lowest BCUT2D eigenvalue weighted by molar-refractivity contribution is -0.123. The zero-order valence-electron chi connectivity index (χ0n) is 16.5. The molecule has 0 unspecified atom stereocenters. The summed E-state index contributed by atoms with van der Waals surface area (Å²) in [7, 11) is 0. The Morgan fingerprint density at radius 2 is 1.75 bits per heavy atom. The third kappa shape index (κ3) is 5.12. The van der Waals surface area contributed by atoms with E-state index in [0.29, 0.717) is 16.1 Å². The molecule has 4 rings (SSSR count). The summed E-state index contributed by atoms with van der Waals surface area (Å²) in [6.45, 7) is 0.146. The molecule has 32 heavy (non-hydrogen) atoms. The van der Waals surface area contributed by atoms with E-state index in [1.165, 1.54) is 4.90 Å². The molecule has 1 aliphatic rings. The molecule has 8 heteroatoms. The minimum absolute atomic E-state index is 0.146. The first kappa shape index (κ1) is 22.3. The number of nitrogens with zero attached hydrogens (tertiary/aromatic N) is 1. The molecular weight excluding hydrogens is 514 g/mol. The Bertz CT molecular complexity index is 1230. The molecule has 1 saturated heterocycles. The van der Waals surface area contributed by atoms with Crippen molar-refractivity contribution in [1.82, 2.24) is 4.90 Å². The van der Waals surface area contributed by atoms with Crippen LogP contribution >= 0.6 is 39.3 Å². The lowest BCUT2D eigenvalue weighted by Crippen LogP contribution is -2.27. The molecule has 2 amide bonds. The van der Waals surface area contributed by atoms with Crippen molar-refractivity contribution in [2.24, 2.45) is 0 Å². The number of ether oxygens (including phenoxy) is 1. The molecule has 160 valence electrons. The zero-order valence-corrected chi connectivity index (χ0v) is 19.6. The molecule has 3 aromatic carbocycles. The van der Waals surface area contributed by atoms with Gasteiger partial charge in [-0.05, 0) is 65.9 Å². The van der Waals surface area contributed by atoms with Gasteiger partial charge in [0, 0.05) is 15.1 Å². The van der Waals surface area contributed by atoms with E-state index >= 15 is 0 Å². The second kappa shape index (κ2) is 9.73. The number of esters is 1. The van der Waals surface area contributed by atoms with Crippen molar-refractivity contribution in [3.8, 4) is 5.75 Å². The van der Waals surface area contributed by atoms with Crippen molar-refractivity contribution < 1.29 is 19.1 Å². The third-order valence-corrected chi connectivity index (χ3v) is 6.25. The smallest absolute Gasteiger partial charge is 0.343 e. The van der Waals surface area contributed by atoms with Crippen LogP contribution in [0.2, 0.25) is 5.02 Å². The van der Waals surface area contributed by atoms with Gasteiger partial charge >= 0.3 is 5.97 Å².